The first kappa shape index (κ1) is 23.3. The molecule has 0 radical (unpaired) electrons. The zero-order valence-electron chi connectivity index (χ0n) is 19.2. The molecule has 0 bridgehead atoms. The van der Waals surface area contributed by atoms with Crippen molar-refractivity contribution in [2.75, 3.05) is 36.0 Å². The topological polar surface area (TPSA) is 144 Å². The van der Waals surface area contributed by atoms with Crippen LogP contribution in [-0.4, -0.2) is 66.0 Å². The highest BCUT2D eigenvalue weighted by molar-refractivity contribution is 7.86. The molecule has 11 nitrogen and oxygen atoms in total. The summed E-state index contributed by atoms with van der Waals surface area (Å²) in [6.07, 6.45) is 3.39. The Hall–Kier alpha value is -3.48. The molecule has 1 saturated heterocycles. The standard InChI is InChI=1S/C22H26FN7O4S/c1-22(13-25-21(31)32)7-10-29(11-8-22)17-12-24-18-19(26-17)27-28-20(18)30-9-3-4-14-15(30)5-2-6-16(14)35(23,33)34/h2,5-6,12,25H,3-4,7-11,13H2,1H3,(H,31,32)(H,26,27,28). The molecular weight excluding hydrogens is 477 g/mol. The van der Waals surface area contributed by atoms with E-state index < -0.39 is 16.3 Å². The molecule has 1 fully saturated rings. The van der Waals surface area contributed by atoms with Crippen molar-refractivity contribution in [3.63, 3.8) is 0 Å². The average Bonchev–Trinajstić information content (AvgIpc) is 3.25. The average molecular weight is 504 g/mol. The normalized spacial score (nSPS) is 17.9. The van der Waals surface area contributed by atoms with Gasteiger partial charge in [0.15, 0.2) is 17.0 Å². The first-order valence-corrected chi connectivity index (χ1v) is 12.8. The number of piperidine rings is 1. The van der Waals surface area contributed by atoms with Crippen molar-refractivity contribution in [1.82, 2.24) is 25.5 Å². The lowest BCUT2D eigenvalue weighted by Gasteiger charge is -2.39. The van der Waals surface area contributed by atoms with Gasteiger partial charge in [-0.2, -0.15) is 13.5 Å². The number of hydrogen-bond donors (Lipinski definition) is 3. The molecule has 0 aliphatic carbocycles. The second-order valence-electron chi connectivity index (χ2n) is 9.38. The van der Waals surface area contributed by atoms with Gasteiger partial charge in [-0.15, -0.1) is 3.89 Å². The molecule has 4 heterocycles. The fourth-order valence-corrected chi connectivity index (χ4v) is 5.65. The fourth-order valence-electron chi connectivity index (χ4n) is 4.90. The molecule has 0 spiro atoms. The van der Waals surface area contributed by atoms with E-state index in [2.05, 4.69) is 32.3 Å². The van der Waals surface area contributed by atoms with Crippen LogP contribution in [0.3, 0.4) is 0 Å². The van der Waals surface area contributed by atoms with Crippen LogP contribution >= 0.6 is 0 Å². The number of hydrogen-bond acceptors (Lipinski definition) is 8. The van der Waals surface area contributed by atoms with Gasteiger partial charge in [0.1, 0.15) is 10.7 Å². The number of fused-ring (bicyclic) bond motifs is 2. The molecule has 2 aromatic heterocycles. The third-order valence-corrected chi connectivity index (χ3v) is 7.83. The largest absolute Gasteiger partial charge is 0.465 e. The zero-order valence-corrected chi connectivity index (χ0v) is 20.0. The summed E-state index contributed by atoms with van der Waals surface area (Å²) in [6, 6.07) is 4.57. The predicted molar refractivity (Wildman–Crippen MR) is 127 cm³/mol. The number of amides is 1. The third-order valence-electron chi connectivity index (χ3n) is 6.93. The Morgan fingerprint density at radius 3 is 2.77 bits per heavy atom. The van der Waals surface area contributed by atoms with Gasteiger partial charge in [0.2, 0.25) is 0 Å². The SMILES string of the molecule is CC1(CNC(=O)O)CCN(c2cnc3c(N4CCCc5c4cccc5S(=O)(=O)F)n[nH]c3n2)CC1. The van der Waals surface area contributed by atoms with Crippen molar-refractivity contribution in [3.8, 4) is 0 Å². The van der Waals surface area contributed by atoms with Crippen LogP contribution in [-0.2, 0) is 16.6 Å². The van der Waals surface area contributed by atoms with Gasteiger partial charge in [-0.1, -0.05) is 13.0 Å². The van der Waals surface area contributed by atoms with Gasteiger partial charge in [-0.25, -0.2) is 14.8 Å². The Balaban J connectivity index is 1.39. The van der Waals surface area contributed by atoms with Gasteiger partial charge >= 0.3 is 16.3 Å². The zero-order chi connectivity index (χ0) is 24.8. The van der Waals surface area contributed by atoms with E-state index in [-0.39, 0.29) is 10.3 Å². The summed E-state index contributed by atoms with van der Waals surface area (Å²) in [6.45, 7) is 4.51. The number of aromatic amines is 1. The molecule has 35 heavy (non-hydrogen) atoms. The lowest BCUT2D eigenvalue weighted by molar-refractivity contribution is 0.178. The quantitative estimate of drug-likeness (QED) is 0.448. The van der Waals surface area contributed by atoms with Crippen molar-refractivity contribution in [1.29, 1.82) is 0 Å². The van der Waals surface area contributed by atoms with Crippen LogP contribution in [0.15, 0.2) is 29.3 Å². The van der Waals surface area contributed by atoms with Crippen LogP contribution in [0, 0.1) is 5.41 Å². The summed E-state index contributed by atoms with van der Waals surface area (Å²) in [5, 5.41) is 18.7. The maximum atomic E-state index is 13.9. The maximum absolute atomic E-state index is 13.9. The van der Waals surface area contributed by atoms with Gasteiger partial charge in [0.25, 0.3) is 0 Å². The molecule has 13 heteroatoms. The molecule has 0 atom stereocenters. The molecule has 0 saturated carbocycles. The lowest BCUT2D eigenvalue weighted by Crippen LogP contribution is -2.44. The summed E-state index contributed by atoms with van der Waals surface area (Å²) in [4.78, 5) is 23.8. The predicted octanol–water partition coefficient (Wildman–Crippen LogP) is 2.97. The van der Waals surface area contributed by atoms with E-state index in [1.54, 1.807) is 12.3 Å². The van der Waals surface area contributed by atoms with Crippen molar-refractivity contribution < 1.29 is 22.2 Å². The van der Waals surface area contributed by atoms with Crippen molar-refractivity contribution in [3.05, 3.63) is 30.0 Å². The molecule has 5 rings (SSSR count). The Kier molecular flexibility index (Phi) is 5.74. The first-order valence-electron chi connectivity index (χ1n) is 11.4. The second-order valence-corrected chi connectivity index (χ2v) is 10.7. The van der Waals surface area contributed by atoms with Gasteiger partial charge in [-0.3, -0.25) is 5.10 Å². The molecule has 2 aliphatic heterocycles. The number of rotatable bonds is 5. The highest BCUT2D eigenvalue weighted by Gasteiger charge is 2.32. The van der Waals surface area contributed by atoms with E-state index in [0.29, 0.717) is 60.0 Å². The fraction of sp³-hybridized carbons (Fsp3) is 0.455. The van der Waals surface area contributed by atoms with Crippen LogP contribution in [0.2, 0.25) is 0 Å². The van der Waals surface area contributed by atoms with Gasteiger partial charge in [0, 0.05) is 31.9 Å². The highest BCUT2D eigenvalue weighted by atomic mass is 32.3. The molecular formula is C22H26FN7O4S. The summed E-state index contributed by atoms with van der Waals surface area (Å²) < 4.78 is 37.1. The summed E-state index contributed by atoms with van der Waals surface area (Å²) in [7, 11) is -4.83. The smallest absolute Gasteiger partial charge is 0.404 e. The Morgan fingerprint density at radius 1 is 1.29 bits per heavy atom. The third kappa shape index (κ3) is 4.47. The number of carboxylic acid groups (broad SMARTS) is 1. The number of H-pyrrole nitrogens is 1. The number of carbonyl (C=O) groups is 1. The van der Waals surface area contributed by atoms with E-state index in [9.17, 15) is 17.1 Å². The van der Waals surface area contributed by atoms with Crippen molar-refractivity contribution in [2.45, 2.75) is 37.5 Å². The van der Waals surface area contributed by atoms with E-state index in [1.807, 2.05) is 4.90 Å². The minimum Gasteiger partial charge on any atom is -0.465 e. The number of nitrogens with zero attached hydrogens (tertiary/aromatic N) is 5. The maximum Gasteiger partial charge on any atom is 0.404 e. The lowest BCUT2D eigenvalue weighted by atomic mass is 9.80. The Labute approximate surface area is 201 Å². The molecule has 3 N–H and O–H groups in total. The summed E-state index contributed by atoms with van der Waals surface area (Å²) in [5.41, 5.74) is 1.97. The number of nitrogens with one attached hydrogen (secondary N) is 2. The Morgan fingerprint density at radius 2 is 2.06 bits per heavy atom. The van der Waals surface area contributed by atoms with Gasteiger partial charge in [0.05, 0.1) is 6.20 Å². The van der Waals surface area contributed by atoms with Crippen molar-refractivity contribution in [2.24, 2.45) is 5.41 Å². The minimum absolute atomic E-state index is 0.110. The van der Waals surface area contributed by atoms with E-state index >= 15 is 0 Å². The summed E-state index contributed by atoms with van der Waals surface area (Å²) >= 11 is 0. The van der Waals surface area contributed by atoms with Crippen molar-refractivity contribution >= 4 is 44.8 Å². The molecule has 186 valence electrons. The monoisotopic (exact) mass is 503 g/mol. The number of halogens is 1. The van der Waals surface area contributed by atoms with Crippen LogP contribution in [0.1, 0.15) is 31.7 Å². The minimum atomic E-state index is -4.83. The summed E-state index contributed by atoms with van der Waals surface area (Å²) in [5.74, 6) is 1.21. The molecule has 1 amide bonds. The Bertz CT molecular complexity index is 1390. The van der Waals surface area contributed by atoms with Gasteiger partial charge in [-0.05, 0) is 48.8 Å². The molecule has 0 unspecified atom stereocenters. The number of aromatic nitrogens is 4. The highest BCUT2D eigenvalue weighted by Crippen LogP contribution is 2.39. The number of anilines is 3. The molecule has 1 aromatic carbocycles. The van der Waals surface area contributed by atoms with Gasteiger partial charge < -0.3 is 20.2 Å². The molecule has 3 aromatic rings. The first-order chi connectivity index (χ1) is 16.6. The molecule has 2 aliphatic rings. The second kappa shape index (κ2) is 8.63. The van der Waals surface area contributed by atoms with Crippen LogP contribution in [0.25, 0.3) is 11.2 Å². The van der Waals surface area contributed by atoms with Crippen LogP contribution in [0.4, 0.5) is 26.0 Å². The van der Waals surface area contributed by atoms with E-state index in [4.69, 9.17) is 10.1 Å². The van der Waals surface area contributed by atoms with E-state index in [0.717, 1.165) is 25.9 Å². The van der Waals surface area contributed by atoms with Crippen LogP contribution < -0.4 is 15.1 Å². The number of benzene rings is 1. The van der Waals surface area contributed by atoms with E-state index in [1.165, 1.54) is 12.1 Å². The van der Waals surface area contributed by atoms with Crippen LogP contribution in [0.5, 0.6) is 0 Å².